The average Bonchev–Trinajstić information content (AvgIpc) is 2.51. The molecule has 0 amide bonds. The van der Waals surface area contributed by atoms with Crippen molar-refractivity contribution in [2.75, 3.05) is 44.9 Å². The molecule has 8 nitrogen and oxygen atoms in total. The van der Waals surface area contributed by atoms with E-state index in [1.54, 1.807) is 6.07 Å². The van der Waals surface area contributed by atoms with Crippen LogP contribution in [0.1, 0.15) is 6.42 Å². The van der Waals surface area contributed by atoms with Crippen molar-refractivity contribution >= 4 is 17.4 Å². The minimum Gasteiger partial charge on any atom is -0.494 e. The Balaban J connectivity index is 1.87. The summed E-state index contributed by atoms with van der Waals surface area (Å²) in [5, 5.41) is 0. The molecule has 0 radical (unpaired) electrons. The Morgan fingerprint density at radius 1 is 1.25 bits per heavy atom. The molecule has 10 heteroatoms. The van der Waals surface area contributed by atoms with Crippen molar-refractivity contribution in [2.45, 2.75) is 11.3 Å². The summed E-state index contributed by atoms with van der Waals surface area (Å²) >= 11 is 0. The van der Waals surface area contributed by atoms with Gasteiger partial charge in [-0.25, -0.2) is 8.42 Å². The highest BCUT2D eigenvalue weighted by molar-refractivity contribution is 7.97. The fourth-order valence-corrected chi connectivity index (χ4v) is 5.31. The highest BCUT2D eigenvalue weighted by Gasteiger charge is 2.26. The molecule has 0 saturated carbocycles. The van der Waals surface area contributed by atoms with Crippen molar-refractivity contribution in [2.24, 2.45) is 0 Å². The maximum atomic E-state index is 12.0. The van der Waals surface area contributed by atoms with Gasteiger partial charge in [0.2, 0.25) is 0 Å². The molecule has 2 N–H and O–H groups in total. The van der Waals surface area contributed by atoms with Crippen molar-refractivity contribution in [1.82, 2.24) is 4.90 Å². The first kappa shape index (κ1) is 19.4. The highest BCUT2D eigenvalue weighted by Crippen LogP contribution is 2.38. The number of nitrogens with zero attached hydrogens (tertiary/aromatic N) is 1. The molecular weight excluding hydrogens is 357 g/mol. The average molecular weight is 379 g/mol. The lowest BCUT2D eigenvalue weighted by Gasteiger charge is -2.26. The maximum Gasteiger partial charge on any atom is 0.340 e. The monoisotopic (exact) mass is 379 g/mol. The van der Waals surface area contributed by atoms with Gasteiger partial charge in [0, 0.05) is 19.6 Å². The smallest absolute Gasteiger partial charge is 0.340 e. The Labute approximate surface area is 141 Å². The Kier molecular flexibility index (Phi) is 6.79. The third-order valence-corrected chi connectivity index (χ3v) is 7.17. The van der Waals surface area contributed by atoms with Crippen molar-refractivity contribution in [3.05, 3.63) is 24.3 Å². The van der Waals surface area contributed by atoms with Crippen LogP contribution in [0.2, 0.25) is 0 Å². The Morgan fingerprint density at radius 3 is 2.62 bits per heavy atom. The van der Waals surface area contributed by atoms with Gasteiger partial charge in [0.15, 0.2) is 15.3 Å². The Hall–Kier alpha value is -0.960. The van der Waals surface area contributed by atoms with E-state index in [9.17, 15) is 13.0 Å². The largest absolute Gasteiger partial charge is 0.494 e. The Bertz CT molecular complexity index is 682. The van der Waals surface area contributed by atoms with Gasteiger partial charge < -0.3 is 19.3 Å². The molecule has 2 rings (SSSR count). The van der Waals surface area contributed by atoms with Crippen molar-refractivity contribution in [3.8, 4) is 5.75 Å². The first-order chi connectivity index (χ1) is 11.3. The summed E-state index contributed by atoms with van der Waals surface area (Å²) in [6.07, 6.45) is 0.791. The molecule has 0 atom stereocenters. The molecule has 0 unspecified atom stereocenters. The molecule has 1 aromatic rings. The van der Waals surface area contributed by atoms with Crippen LogP contribution in [0.15, 0.2) is 29.2 Å². The van der Waals surface area contributed by atoms with Gasteiger partial charge in [-0.1, -0.05) is 6.07 Å². The summed E-state index contributed by atoms with van der Waals surface area (Å²) in [6.45, 7) is 4.58. The van der Waals surface area contributed by atoms with Gasteiger partial charge >= 0.3 is 7.60 Å². The number of hydrogen-bond donors (Lipinski definition) is 2. The minimum absolute atomic E-state index is 0.156. The summed E-state index contributed by atoms with van der Waals surface area (Å²) in [6, 6.07) is 5.69. The highest BCUT2D eigenvalue weighted by atomic mass is 32.2. The third kappa shape index (κ3) is 6.51. The first-order valence-electron chi connectivity index (χ1n) is 7.57. The standard InChI is InChI=1S/C14H22NO7PS/c16-23(17,18)12-24(19,20)14-4-1-3-13(11-14)22-8-2-5-15-6-9-21-10-7-15/h1,3-4,11H,2,5-10,12H2,(H2,16,17,18). The van der Waals surface area contributed by atoms with E-state index >= 15 is 0 Å². The quantitative estimate of drug-likeness (QED) is 0.501. The molecule has 1 aromatic carbocycles. The van der Waals surface area contributed by atoms with Crippen molar-refractivity contribution < 1.29 is 32.2 Å². The predicted molar refractivity (Wildman–Crippen MR) is 87.9 cm³/mol. The molecule has 0 aromatic heterocycles. The van der Waals surface area contributed by atoms with Crippen molar-refractivity contribution in [1.29, 1.82) is 0 Å². The van der Waals surface area contributed by atoms with Gasteiger partial charge in [-0.15, -0.1) is 0 Å². The molecular formula is C14H22NO7PS. The number of benzene rings is 1. The second-order valence-corrected chi connectivity index (χ2v) is 9.60. The van der Waals surface area contributed by atoms with Crippen LogP contribution in [0.25, 0.3) is 0 Å². The molecule has 0 aliphatic carbocycles. The van der Waals surface area contributed by atoms with Gasteiger partial charge in [0.05, 0.1) is 24.7 Å². The van der Waals surface area contributed by atoms with Gasteiger partial charge in [-0.05, 0) is 24.6 Å². The van der Waals surface area contributed by atoms with Crippen LogP contribution in [0.3, 0.4) is 0 Å². The minimum atomic E-state index is -4.65. The third-order valence-electron chi connectivity index (χ3n) is 3.49. The molecule has 136 valence electrons. The SMILES string of the molecule is O=P(O)(O)CS(=O)(=O)c1cccc(OCCCN2CCOCC2)c1. The fraction of sp³-hybridized carbons (Fsp3) is 0.571. The summed E-state index contributed by atoms with van der Waals surface area (Å²) in [7, 11) is -8.71. The lowest BCUT2D eigenvalue weighted by molar-refractivity contribution is 0.0358. The van der Waals surface area contributed by atoms with Crippen LogP contribution in [0.5, 0.6) is 5.75 Å². The lowest BCUT2D eigenvalue weighted by Crippen LogP contribution is -2.37. The molecule has 0 bridgehead atoms. The van der Waals surface area contributed by atoms with Gasteiger partial charge in [-0.3, -0.25) is 9.46 Å². The van der Waals surface area contributed by atoms with Crippen LogP contribution < -0.4 is 4.74 Å². The number of rotatable bonds is 8. The lowest BCUT2D eigenvalue weighted by atomic mass is 10.3. The van der Waals surface area contributed by atoms with Crippen molar-refractivity contribution in [3.63, 3.8) is 0 Å². The summed E-state index contributed by atoms with van der Waals surface area (Å²) in [4.78, 5) is 19.9. The topological polar surface area (TPSA) is 113 Å². The first-order valence-corrected chi connectivity index (χ1v) is 11.0. The molecule has 1 aliphatic rings. The van der Waals surface area contributed by atoms with Crippen LogP contribution in [0.4, 0.5) is 0 Å². The number of ether oxygens (including phenoxy) is 2. The van der Waals surface area contributed by atoms with E-state index in [1.807, 2.05) is 0 Å². The molecule has 1 fully saturated rings. The second-order valence-electron chi connectivity index (χ2n) is 5.54. The second kappa shape index (κ2) is 8.42. The van der Waals surface area contributed by atoms with Crippen LogP contribution in [-0.4, -0.2) is 68.1 Å². The summed E-state index contributed by atoms with van der Waals surface area (Å²) < 4.78 is 45.7. The number of morpholine rings is 1. The maximum absolute atomic E-state index is 12.0. The van der Waals surface area contributed by atoms with E-state index in [2.05, 4.69) is 4.90 Å². The van der Waals surface area contributed by atoms with E-state index in [4.69, 9.17) is 19.3 Å². The van der Waals surface area contributed by atoms with E-state index in [1.165, 1.54) is 18.2 Å². The zero-order chi connectivity index (χ0) is 17.6. The van der Waals surface area contributed by atoms with E-state index in [0.717, 1.165) is 39.3 Å². The zero-order valence-corrected chi connectivity index (χ0v) is 14.9. The summed E-state index contributed by atoms with van der Waals surface area (Å²) in [5.41, 5.74) is -1.21. The number of sulfone groups is 1. The molecule has 0 spiro atoms. The van der Waals surface area contributed by atoms with E-state index < -0.39 is 22.9 Å². The van der Waals surface area contributed by atoms with E-state index in [0.29, 0.717) is 12.4 Å². The molecule has 1 heterocycles. The molecule has 24 heavy (non-hydrogen) atoms. The predicted octanol–water partition coefficient (Wildman–Crippen LogP) is 0.697. The van der Waals surface area contributed by atoms with Crippen LogP contribution >= 0.6 is 7.60 Å². The van der Waals surface area contributed by atoms with Crippen LogP contribution in [0, 0.1) is 0 Å². The van der Waals surface area contributed by atoms with Crippen LogP contribution in [-0.2, 0) is 19.1 Å². The molecule has 1 aliphatic heterocycles. The van der Waals surface area contributed by atoms with Gasteiger partial charge in [-0.2, -0.15) is 0 Å². The zero-order valence-electron chi connectivity index (χ0n) is 13.2. The number of hydrogen-bond acceptors (Lipinski definition) is 6. The Morgan fingerprint density at radius 2 is 1.96 bits per heavy atom. The van der Waals surface area contributed by atoms with E-state index in [-0.39, 0.29) is 4.90 Å². The fourth-order valence-electron chi connectivity index (χ4n) is 2.36. The van der Waals surface area contributed by atoms with Gasteiger partial charge in [0.1, 0.15) is 5.75 Å². The summed E-state index contributed by atoms with van der Waals surface area (Å²) in [5.74, 6) is 0.365. The molecule has 1 saturated heterocycles. The van der Waals surface area contributed by atoms with Gasteiger partial charge in [0.25, 0.3) is 0 Å². The normalized spacial score (nSPS) is 16.9.